The summed E-state index contributed by atoms with van der Waals surface area (Å²) in [6.45, 7) is 4.00. The van der Waals surface area contributed by atoms with Crippen molar-refractivity contribution in [2.45, 2.75) is 32.6 Å². The van der Waals surface area contributed by atoms with Gasteiger partial charge in [0.15, 0.2) is 11.6 Å². The Bertz CT molecular complexity index is 840. The van der Waals surface area contributed by atoms with Gasteiger partial charge < -0.3 is 9.84 Å². The summed E-state index contributed by atoms with van der Waals surface area (Å²) in [5.74, 6) is -6.12. The molecule has 3 nitrogen and oxygen atoms in total. The molecule has 11 heteroatoms. The SMILES string of the molecule is CC.O=C(O)Cc1cc(F)c(Oc2cc(C(F)(F)F)cc(C(F)(F)F)c2)cc1F. The van der Waals surface area contributed by atoms with Crippen LogP contribution in [0.15, 0.2) is 30.3 Å². The molecule has 0 aliphatic rings. The Kier molecular flexibility index (Phi) is 7.59. The Hall–Kier alpha value is -2.85. The van der Waals surface area contributed by atoms with Crippen molar-refractivity contribution in [2.24, 2.45) is 0 Å². The minimum Gasteiger partial charge on any atom is -0.481 e. The first kappa shape index (κ1) is 24.2. The van der Waals surface area contributed by atoms with Crippen LogP contribution in [0.5, 0.6) is 11.5 Å². The number of hydrogen-bond donors (Lipinski definition) is 1. The van der Waals surface area contributed by atoms with Gasteiger partial charge in [0, 0.05) is 11.6 Å². The predicted molar refractivity (Wildman–Crippen MR) is 85.6 cm³/mol. The van der Waals surface area contributed by atoms with E-state index in [1.807, 2.05) is 13.8 Å². The van der Waals surface area contributed by atoms with E-state index in [2.05, 4.69) is 4.74 Å². The topological polar surface area (TPSA) is 46.5 Å². The van der Waals surface area contributed by atoms with Gasteiger partial charge in [-0.3, -0.25) is 4.79 Å². The zero-order chi connectivity index (χ0) is 22.6. The number of hydrogen-bond acceptors (Lipinski definition) is 2. The van der Waals surface area contributed by atoms with Crippen molar-refractivity contribution in [3.8, 4) is 11.5 Å². The molecule has 0 unspecified atom stereocenters. The predicted octanol–water partition coefficient (Wildman–Crippen LogP) is 6.45. The second-order valence-corrected chi connectivity index (χ2v) is 5.29. The lowest BCUT2D eigenvalue weighted by molar-refractivity contribution is -0.143. The van der Waals surface area contributed by atoms with Gasteiger partial charge in [-0.25, -0.2) is 8.78 Å². The van der Waals surface area contributed by atoms with Gasteiger partial charge in [-0.1, -0.05) is 13.8 Å². The highest BCUT2D eigenvalue weighted by molar-refractivity contribution is 5.70. The molecule has 2 rings (SSSR count). The summed E-state index contributed by atoms with van der Waals surface area (Å²) in [6, 6.07) is 0.993. The number of halogens is 8. The third-order valence-electron chi connectivity index (χ3n) is 3.23. The Morgan fingerprint density at radius 1 is 0.862 bits per heavy atom. The standard InChI is InChI=1S/C16H8F8O3.C2H6/c17-11-6-13(12(18)1-7(11)2-14(25)26)27-10-4-8(15(19,20)21)3-9(5-10)16(22,23)24;1-2/h1,3-6H,2H2,(H,25,26);1-2H3. The number of rotatable bonds is 4. The molecule has 0 saturated carbocycles. The molecule has 0 heterocycles. The van der Waals surface area contributed by atoms with Gasteiger partial charge in [0.2, 0.25) is 0 Å². The minimum atomic E-state index is -5.14. The molecule has 0 amide bonds. The number of carbonyl (C=O) groups is 1. The van der Waals surface area contributed by atoms with E-state index in [1.165, 1.54) is 0 Å². The molecule has 0 saturated heterocycles. The van der Waals surface area contributed by atoms with Crippen molar-refractivity contribution in [1.29, 1.82) is 0 Å². The van der Waals surface area contributed by atoms with Crippen LogP contribution in [-0.4, -0.2) is 11.1 Å². The van der Waals surface area contributed by atoms with Crippen LogP contribution in [0.4, 0.5) is 35.1 Å². The van der Waals surface area contributed by atoms with Crippen LogP contribution in [0.1, 0.15) is 30.5 Å². The second kappa shape index (κ2) is 9.10. The number of benzene rings is 2. The van der Waals surface area contributed by atoms with E-state index in [4.69, 9.17) is 5.11 Å². The third kappa shape index (κ3) is 6.61. The summed E-state index contributed by atoms with van der Waals surface area (Å²) in [4.78, 5) is 10.5. The largest absolute Gasteiger partial charge is 0.481 e. The quantitative estimate of drug-likeness (QED) is 0.568. The van der Waals surface area contributed by atoms with Crippen LogP contribution in [0.25, 0.3) is 0 Å². The molecule has 0 aliphatic carbocycles. The summed E-state index contributed by atoms with van der Waals surface area (Å²) in [5.41, 5.74) is -3.97. The fourth-order valence-electron chi connectivity index (χ4n) is 2.06. The Labute approximate surface area is 159 Å². The van der Waals surface area contributed by atoms with E-state index in [-0.39, 0.29) is 18.2 Å². The summed E-state index contributed by atoms with van der Waals surface area (Å²) < 4.78 is 109. The molecule has 0 spiro atoms. The first-order valence-corrected chi connectivity index (χ1v) is 7.94. The van der Waals surface area contributed by atoms with E-state index in [0.717, 1.165) is 0 Å². The van der Waals surface area contributed by atoms with E-state index < -0.39 is 64.6 Å². The molecule has 2 aromatic carbocycles. The maximum absolute atomic E-state index is 13.9. The summed E-state index contributed by atoms with van der Waals surface area (Å²) in [6.07, 6.45) is -11.2. The fraction of sp³-hybridized carbons (Fsp3) is 0.278. The van der Waals surface area contributed by atoms with Crippen molar-refractivity contribution >= 4 is 5.97 Å². The molecule has 1 N–H and O–H groups in total. The molecule has 2 aromatic rings. The van der Waals surface area contributed by atoms with Crippen LogP contribution in [0.3, 0.4) is 0 Å². The summed E-state index contributed by atoms with van der Waals surface area (Å²) in [7, 11) is 0. The highest BCUT2D eigenvalue weighted by Crippen LogP contribution is 2.39. The molecule has 160 valence electrons. The number of ether oxygens (including phenoxy) is 1. The molecule has 0 bridgehead atoms. The second-order valence-electron chi connectivity index (χ2n) is 5.29. The van der Waals surface area contributed by atoms with Crippen LogP contribution in [0.2, 0.25) is 0 Å². The molecule has 0 fully saturated rings. The van der Waals surface area contributed by atoms with Gasteiger partial charge in [-0.2, -0.15) is 26.3 Å². The lowest BCUT2D eigenvalue weighted by atomic mass is 10.1. The van der Waals surface area contributed by atoms with E-state index >= 15 is 0 Å². The van der Waals surface area contributed by atoms with Gasteiger partial charge in [-0.05, 0) is 24.3 Å². The monoisotopic (exact) mass is 430 g/mol. The molecule has 29 heavy (non-hydrogen) atoms. The average molecular weight is 430 g/mol. The van der Waals surface area contributed by atoms with Crippen LogP contribution >= 0.6 is 0 Å². The molecule has 0 aliphatic heterocycles. The third-order valence-corrected chi connectivity index (χ3v) is 3.23. The lowest BCUT2D eigenvalue weighted by Crippen LogP contribution is -2.11. The molecule has 0 atom stereocenters. The lowest BCUT2D eigenvalue weighted by Gasteiger charge is -2.15. The number of alkyl halides is 6. The molecular weight excluding hydrogens is 416 g/mol. The number of carboxylic acid groups (broad SMARTS) is 1. The smallest absolute Gasteiger partial charge is 0.416 e. The van der Waals surface area contributed by atoms with Gasteiger partial charge in [-0.15, -0.1) is 0 Å². The van der Waals surface area contributed by atoms with Crippen molar-refractivity contribution in [2.75, 3.05) is 0 Å². The van der Waals surface area contributed by atoms with Crippen LogP contribution in [0, 0.1) is 11.6 Å². The maximum atomic E-state index is 13.9. The van der Waals surface area contributed by atoms with E-state index in [9.17, 15) is 39.9 Å². The van der Waals surface area contributed by atoms with Gasteiger partial charge in [0.1, 0.15) is 11.6 Å². The Morgan fingerprint density at radius 3 is 1.76 bits per heavy atom. The zero-order valence-electron chi connectivity index (χ0n) is 14.9. The molecule has 0 radical (unpaired) electrons. The number of carboxylic acids is 1. The first-order valence-electron chi connectivity index (χ1n) is 7.94. The first-order chi connectivity index (χ1) is 13.3. The normalized spacial score (nSPS) is 11.5. The van der Waals surface area contributed by atoms with Crippen LogP contribution in [-0.2, 0) is 23.6 Å². The fourth-order valence-corrected chi connectivity index (χ4v) is 2.06. The highest BCUT2D eigenvalue weighted by atomic mass is 19.4. The zero-order valence-corrected chi connectivity index (χ0v) is 14.9. The van der Waals surface area contributed by atoms with Crippen molar-refractivity contribution in [3.05, 3.63) is 58.7 Å². The average Bonchev–Trinajstić information content (AvgIpc) is 2.59. The summed E-state index contributed by atoms with van der Waals surface area (Å²) in [5, 5.41) is 8.57. The van der Waals surface area contributed by atoms with Crippen molar-refractivity contribution in [1.82, 2.24) is 0 Å². The minimum absolute atomic E-state index is 0.153. The van der Waals surface area contributed by atoms with Crippen LogP contribution < -0.4 is 4.74 Å². The molecule has 0 aromatic heterocycles. The van der Waals surface area contributed by atoms with E-state index in [0.29, 0.717) is 12.1 Å². The summed E-state index contributed by atoms with van der Waals surface area (Å²) >= 11 is 0. The van der Waals surface area contributed by atoms with Crippen molar-refractivity contribution in [3.63, 3.8) is 0 Å². The molecular formula is C18H14F8O3. The van der Waals surface area contributed by atoms with E-state index in [1.54, 1.807) is 0 Å². The Morgan fingerprint density at radius 2 is 1.34 bits per heavy atom. The van der Waals surface area contributed by atoms with Gasteiger partial charge in [0.25, 0.3) is 0 Å². The Balaban J connectivity index is 0.00000204. The van der Waals surface area contributed by atoms with Crippen molar-refractivity contribution < 1.29 is 49.8 Å². The number of aliphatic carboxylic acids is 1. The van der Waals surface area contributed by atoms with Gasteiger partial charge in [0.05, 0.1) is 17.5 Å². The maximum Gasteiger partial charge on any atom is 0.416 e. The highest BCUT2D eigenvalue weighted by Gasteiger charge is 2.37. The van der Waals surface area contributed by atoms with Gasteiger partial charge >= 0.3 is 18.3 Å².